The number of halogens is 1. The third-order valence-electron chi connectivity index (χ3n) is 4.89. The van der Waals surface area contributed by atoms with Gasteiger partial charge in [-0.25, -0.2) is 17.8 Å². The second kappa shape index (κ2) is 10.7. The number of rotatable bonds is 9. The first-order valence-electron chi connectivity index (χ1n) is 10.7. The molecule has 3 aromatic carbocycles. The van der Waals surface area contributed by atoms with Crippen LogP contribution in [0.2, 0.25) is 0 Å². The van der Waals surface area contributed by atoms with Crippen molar-refractivity contribution in [2.75, 3.05) is 16.6 Å². The minimum absolute atomic E-state index is 0.0915. The number of sulfonamides is 1. The molecular weight excluding hydrogens is 489 g/mol. The Bertz CT molecular complexity index is 1420. The molecule has 0 aliphatic rings. The van der Waals surface area contributed by atoms with Crippen LogP contribution in [-0.4, -0.2) is 25.9 Å². The molecule has 1 heterocycles. The van der Waals surface area contributed by atoms with Gasteiger partial charge in [0.1, 0.15) is 11.6 Å². The molecule has 0 aliphatic carbocycles. The molecular formula is C25H22FN3O4S2. The lowest BCUT2D eigenvalue weighted by Crippen LogP contribution is -2.18. The van der Waals surface area contributed by atoms with E-state index in [4.69, 9.17) is 4.74 Å². The van der Waals surface area contributed by atoms with Crippen molar-refractivity contribution in [2.45, 2.75) is 18.2 Å². The number of anilines is 2. The van der Waals surface area contributed by atoms with E-state index in [-0.39, 0.29) is 16.1 Å². The first-order valence-corrected chi connectivity index (χ1v) is 13.1. The quantitative estimate of drug-likeness (QED) is 0.296. The maximum Gasteiger partial charge on any atom is 0.261 e. The van der Waals surface area contributed by atoms with E-state index in [0.717, 1.165) is 42.0 Å². The van der Waals surface area contributed by atoms with E-state index in [1.807, 2.05) is 36.6 Å². The van der Waals surface area contributed by atoms with Crippen LogP contribution in [0.25, 0.3) is 11.3 Å². The highest BCUT2D eigenvalue weighted by Crippen LogP contribution is 2.28. The summed E-state index contributed by atoms with van der Waals surface area (Å²) < 4.78 is 46.6. The molecule has 0 saturated heterocycles. The summed E-state index contributed by atoms with van der Waals surface area (Å²) >= 11 is 1.25. The molecule has 10 heteroatoms. The van der Waals surface area contributed by atoms with Gasteiger partial charge in [-0.2, -0.15) is 0 Å². The summed E-state index contributed by atoms with van der Waals surface area (Å²) in [5, 5.41) is 4.91. The fourth-order valence-electron chi connectivity index (χ4n) is 3.16. The summed E-state index contributed by atoms with van der Waals surface area (Å²) in [4.78, 5) is 17.3. The average Bonchev–Trinajstić information content (AvgIpc) is 3.32. The standard InChI is InChI=1S/C25H22FN3O4S2/c1-2-15-33-19-11-7-17(8-12-19)23-16-34-25(27-23)28-24(30)21-5-3-4-6-22(21)29-35(31,32)20-13-9-18(26)10-14-20/h3-14,16,29H,2,15H2,1H3,(H,27,28,30). The van der Waals surface area contributed by atoms with Gasteiger partial charge in [0.25, 0.3) is 15.9 Å². The van der Waals surface area contributed by atoms with Crippen LogP contribution in [0.1, 0.15) is 23.7 Å². The van der Waals surface area contributed by atoms with E-state index in [0.29, 0.717) is 17.4 Å². The molecule has 7 nitrogen and oxygen atoms in total. The van der Waals surface area contributed by atoms with Crippen LogP contribution in [-0.2, 0) is 10.0 Å². The second-order valence-electron chi connectivity index (χ2n) is 7.47. The number of benzene rings is 3. The molecule has 0 spiro atoms. The van der Waals surface area contributed by atoms with Crippen molar-refractivity contribution in [1.29, 1.82) is 0 Å². The molecule has 0 fully saturated rings. The highest BCUT2D eigenvalue weighted by Gasteiger charge is 2.19. The summed E-state index contributed by atoms with van der Waals surface area (Å²) in [6.45, 7) is 2.69. The minimum atomic E-state index is -4.02. The van der Waals surface area contributed by atoms with Crippen LogP contribution in [0, 0.1) is 5.82 Å². The number of thiazole rings is 1. The zero-order chi connectivity index (χ0) is 24.8. The van der Waals surface area contributed by atoms with Crippen LogP contribution in [0.5, 0.6) is 5.75 Å². The van der Waals surface area contributed by atoms with E-state index in [1.165, 1.54) is 23.5 Å². The summed E-state index contributed by atoms with van der Waals surface area (Å²) in [5.41, 5.74) is 1.77. The lowest BCUT2D eigenvalue weighted by molar-refractivity contribution is 0.102. The van der Waals surface area contributed by atoms with Crippen LogP contribution in [0.15, 0.2) is 83.1 Å². The van der Waals surface area contributed by atoms with Gasteiger partial charge in [-0.3, -0.25) is 14.8 Å². The zero-order valence-corrected chi connectivity index (χ0v) is 20.3. The van der Waals surface area contributed by atoms with Gasteiger partial charge >= 0.3 is 0 Å². The number of hydrogen-bond acceptors (Lipinski definition) is 6. The smallest absolute Gasteiger partial charge is 0.261 e. The van der Waals surface area contributed by atoms with Crippen LogP contribution in [0.3, 0.4) is 0 Å². The van der Waals surface area contributed by atoms with Crippen molar-refractivity contribution in [3.63, 3.8) is 0 Å². The molecule has 0 saturated carbocycles. The number of aromatic nitrogens is 1. The Morgan fingerprint density at radius 1 is 1.03 bits per heavy atom. The Morgan fingerprint density at radius 2 is 1.74 bits per heavy atom. The Morgan fingerprint density at radius 3 is 2.46 bits per heavy atom. The third kappa shape index (κ3) is 6.03. The van der Waals surface area contributed by atoms with Crippen molar-refractivity contribution in [3.05, 3.63) is 89.6 Å². The first-order chi connectivity index (χ1) is 16.9. The SMILES string of the molecule is CCCOc1ccc(-c2csc(NC(=O)c3ccccc3NS(=O)(=O)c3ccc(F)cc3)n2)cc1. The number of hydrogen-bond donors (Lipinski definition) is 2. The summed E-state index contributed by atoms with van der Waals surface area (Å²) in [6.07, 6.45) is 0.924. The van der Waals surface area contributed by atoms with E-state index < -0.39 is 21.7 Å². The van der Waals surface area contributed by atoms with Gasteiger partial charge in [0.05, 0.1) is 28.4 Å². The van der Waals surface area contributed by atoms with E-state index >= 15 is 0 Å². The normalized spacial score (nSPS) is 11.1. The van der Waals surface area contributed by atoms with E-state index in [9.17, 15) is 17.6 Å². The van der Waals surface area contributed by atoms with Crippen molar-refractivity contribution in [3.8, 4) is 17.0 Å². The number of nitrogens with one attached hydrogen (secondary N) is 2. The maximum atomic E-state index is 13.2. The lowest BCUT2D eigenvalue weighted by Gasteiger charge is -2.12. The van der Waals surface area contributed by atoms with Gasteiger partial charge in [0.2, 0.25) is 0 Å². The van der Waals surface area contributed by atoms with E-state index in [2.05, 4.69) is 15.0 Å². The van der Waals surface area contributed by atoms with Crippen LogP contribution < -0.4 is 14.8 Å². The predicted molar refractivity (Wildman–Crippen MR) is 135 cm³/mol. The fourth-order valence-corrected chi connectivity index (χ4v) is 4.95. The van der Waals surface area contributed by atoms with E-state index in [1.54, 1.807) is 12.1 Å². The largest absolute Gasteiger partial charge is 0.494 e. The Balaban J connectivity index is 1.49. The Hall–Kier alpha value is -3.76. The van der Waals surface area contributed by atoms with Crippen molar-refractivity contribution < 1.29 is 22.3 Å². The van der Waals surface area contributed by atoms with Crippen molar-refractivity contribution >= 4 is 38.1 Å². The van der Waals surface area contributed by atoms with Crippen molar-refractivity contribution in [2.24, 2.45) is 0 Å². The van der Waals surface area contributed by atoms with Gasteiger partial charge in [-0.1, -0.05) is 19.1 Å². The topological polar surface area (TPSA) is 97.4 Å². The molecule has 2 N–H and O–H groups in total. The monoisotopic (exact) mass is 511 g/mol. The summed E-state index contributed by atoms with van der Waals surface area (Å²) in [6, 6.07) is 18.1. The Kier molecular flexibility index (Phi) is 7.42. The van der Waals surface area contributed by atoms with Crippen LogP contribution in [0.4, 0.5) is 15.2 Å². The highest BCUT2D eigenvalue weighted by atomic mass is 32.2. The number of amides is 1. The lowest BCUT2D eigenvalue weighted by atomic mass is 10.1. The Labute approximate surface area is 206 Å². The van der Waals surface area contributed by atoms with Crippen molar-refractivity contribution in [1.82, 2.24) is 4.98 Å². The van der Waals surface area contributed by atoms with Gasteiger partial charge in [0, 0.05) is 10.9 Å². The van der Waals surface area contributed by atoms with Gasteiger partial charge in [-0.15, -0.1) is 11.3 Å². The molecule has 180 valence electrons. The third-order valence-corrected chi connectivity index (χ3v) is 7.03. The number of nitrogens with zero attached hydrogens (tertiary/aromatic N) is 1. The molecule has 0 radical (unpaired) electrons. The molecule has 35 heavy (non-hydrogen) atoms. The number of para-hydroxylation sites is 1. The zero-order valence-electron chi connectivity index (χ0n) is 18.7. The molecule has 4 aromatic rings. The predicted octanol–water partition coefficient (Wildman–Crippen LogP) is 5.79. The number of carbonyl (C=O) groups is 1. The fraction of sp³-hybridized carbons (Fsp3) is 0.120. The molecule has 1 amide bonds. The van der Waals surface area contributed by atoms with Gasteiger partial charge in [0.15, 0.2) is 5.13 Å². The molecule has 4 rings (SSSR count). The average molecular weight is 512 g/mol. The number of carbonyl (C=O) groups excluding carboxylic acids is 1. The molecule has 0 bridgehead atoms. The van der Waals surface area contributed by atoms with Gasteiger partial charge < -0.3 is 4.74 Å². The molecule has 1 aromatic heterocycles. The maximum absolute atomic E-state index is 13.2. The minimum Gasteiger partial charge on any atom is -0.494 e. The number of ether oxygens (including phenoxy) is 1. The summed E-state index contributed by atoms with van der Waals surface area (Å²) in [5.74, 6) is -0.294. The molecule has 0 atom stereocenters. The molecule has 0 aliphatic heterocycles. The van der Waals surface area contributed by atoms with Crippen LogP contribution >= 0.6 is 11.3 Å². The summed E-state index contributed by atoms with van der Waals surface area (Å²) in [7, 11) is -4.02. The molecule has 0 unspecified atom stereocenters. The highest BCUT2D eigenvalue weighted by molar-refractivity contribution is 7.92. The first kappa shape index (κ1) is 24.4. The second-order valence-corrected chi connectivity index (χ2v) is 10.0. The van der Waals surface area contributed by atoms with Gasteiger partial charge in [-0.05, 0) is 67.1 Å².